The van der Waals surface area contributed by atoms with Crippen LogP contribution >= 0.6 is 0 Å². The molecule has 0 aliphatic rings. The fourth-order valence-electron chi connectivity index (χ4n) is 2.39. The molecule has 0 aliphatic carbocycles. The fraction of sp³-hybridized carbons (Fsp3) is 0.227. The Morgan fingerprint density at radius 2 is 1.86 bits per heavy atom. The second-order valence-electron chi connectivity index (χ2n) is 5.91. The van der Waals surface area contributed by atoms with E-state index >= 15 is 0 Å². The van der Waals surface area contributed by atoms with Crippen LogP contribution in [0.25, 0.3) is 6.08 Å². The Balaban J connectivity index is 2.04. The second kappa shape index (κ2) is 10.5. The number of para-hydroxylation sites is 2. The summed E-state index contributed by atoms with van der Waals surface area (Å²) >= 11 is 0. The van der Waals surface area contributed by atoms with E-state index in [1.807, 2.05) is 6.92 Å². The molecule has 2 aromatic rings. The molecular formula is C22H22N2O5. The van der Waals surface area contributed by atoms with Crippen molar-refractivity contribution in [2.45, 2.75) is 20.0 Å². The zero-order valence-corrected chi connectivity index (χ0v) is 16.5. The standard InChI is InChI=1S/C22H22N2O5/c1-4-28-18-11-9-16(10-12-18)13-17(14-23)22(26)29-15(2)21(25)24-19-7-5-6-8-20(19)27-3/h5-13,15H,4H2,1-3H3,(H,24,25)/b17-13+/t15-/m0/s1. The number of carbonyl (C=O) groups is 2. The van der Waals surface area contributed by atoms with E-state index in [0.717, 1.165) is 0 Å². The van der Waals surface area contributed by atoms with Crippen molar-refractivity contribution in [3.05, 3.63) is 59.7 Å². The second-order valence-corrected chi connectivity index (χ2v) is 5.91. The number of esters is 1. The Kier molecular flexibility index (Phi) is 7.80. The summed E-state index contributed by atoms with van der Waals surface area (Å²) in [6.45, 7) is 3.84. The quantitative estimate of drug-likeness (QED) is 0.418. The van der Waals surface area contributed by atoms with E-state index in [4.69, 9.17) is 14.2 Å². The van der Waals surface area contributed by atoms with Crippen LogP contribution in [0.3, 0.4) is 0 Å². The lowest BCUT2D eigenvalue weighted by Crippen LogP contribution is -2.30. The SMILES string of the molecule is CCOc1ccc(/C=C(\C#N)C(=O)O[C@@H](C)C(=O)Nc2ccccc2OC)cc1. The molecule has 0 heterocycles. The van der Waals surface area contributed by atoms with Crippen LogP contribution in [0.2, 0.25) is 0 Å². The third kappa shape index (κ3) is 6.11. The Morgan fingerprint density at radius 3 is 2.48 bits per heavy atom. The normalized spacial score (nSPS) is 11.7. The maximum atomic E-state index is 12.3. The topological polar surface area (TPSA) is 97.6 Å². The first kappa shape index (κ1) is 21.5. The monoisotopic (exact) mass is 394 g/mol. The van der Waals surface area contributed by atoms with Crippen molar-refractivity contribution in [2.24, 2.45) is 0 Å². The highest BCUT2D eigenvalue weighted by Gasteiger charge is 2.21. The molecule has 0 saturated heterocycles. The first-order valence-corrected chi connectivity index (χ1v) is 8.98. The number of nitriles is 1. The van der Waals surface area contributed by atoms with Crippen molar-refractivity contribution in [3.63, 3.8) is 0 Å². The highest BCUT2D eigenvalue weighted by atomic mass is 16.5. The minimum absolute atomic E-state index is 0.217. The lowest BCUT2D eigenvalue weighted by Gasteiger charge is -2.15. The Morgan fingerprint density at radius 1 is 1.17 bits per heavy atom. The molecule has 1 amide bonds. The largest absolute Gasteiger partial charge is 0.495 e. The number of amides is 1. The molecule has 2 rings (SSSR count). The van der Waals surface area contributed by atoms with Crippen LogP contribution in [0.1, 0.15) is 19.4 Å². The molecule has 0 fully saturated rings. The van der Waals surface area contributed by atoms with Crippen LogP contribution in [0.4, 0.5) is 5.69 Å². The van der Waals surface area contributed by atoms with Gasteiger partial charge in [-0.2, -0.15) is 5.26 Å². The Labute approximate surface area is 169 Å². The van der Waals surface area contributed by atoms with Gasteiger partial charge >= 0.3 is 5.97 Å². The van der Waals surface area contributed by atoms with Crippen LogP contribution in [-0.4, -0.2) is 31.7 Å². The molecule has 7 heteroatoms. The van der Waals surface area contributed by atoms with Gasteiger partial charge < -0.3 is 19.5 Å². The Bertz CT molecular complexity index is 929. The third-order valence-electron chi connectivity index (χ3n) is 3.86. The van der Waals surface area contributed by atoms with Crippen LogP contribution < -0.4 is 14.8 Å². The molecule has 0 saturated carbocycles. The van der Waals surface area contributed by atoms with Crippen LogP contribution in [0.5, 0.6) is 11.5 Å². The predicted octanol–water partition coefficient (Wildman–Crippen LogP) is 3.57. The lowest BCUT2D eigenvalue weighted by atomic mass is 10.1. The molecule has 0 bridgehead atoms. The lowest BCUT2D eigenvalue weighted by molar-refractivity contribution is -0.148. The van der Waals surface area contributed by atoms with Gasteiger partial charge in [0.1, 0.15) is 23.1 Å². The van der Waals surface area contributed by atoms with Gasteiger partial charge in [0.2, 0.25) is 0 Å². The van der Waals surface area contributed by atoms with Gasteiger partial charge in [-0.1, -0.05) is 24.3 Å². The fourth-order valence-corrected chi connectivity index (χ4v) is 2.39. The molecule has 150 valence electrons. The number of nitrogens with zero attached hydrogens (tertiary/aromatic N) is 1. The van der Waals surface area contributed by atoms with Gasteiger partial charge in [-0.25, -0.2) is 4.79 Å². The highest BCUT2D eigenvalue weighted by molar-refractivity contribution is 6.01. The first-order valence-electron chi connectivity index (χ1n) is 8.98. The zero-order chi connectivity index (χ0) is 21.2. The summed E-state index contributed by atoms with van der Waals surface area (Å²) in [5.74, 6) is -0.259. The van der Waals surface area contributed by atoms with E-state index in [-0.39, 0.29) is 5.57 Å². The molecule has 7 nitrogen and oxygen atoms in total. The number of rotatable bonds is 8. The predicted molar refractivity (Wildman–Crippen MR) is 108 cm³/mol. The molecule has 0 spiro atoms. The van der Waals surface area contributed by atoms with Gasteiger partial charge in [-0.15, -0.1) is 0 Å². The van der Waals surface area contributed by atoms with Gasteiger partial charge in [0.05, 0.1) is 19.4 Å². The van der Waals surface area contributed by atoms with E-state index in [2.05, 4.69) is 5.32 Å². The first-order chi connectivity index (χ1) is 14.0. The molecular weight excluding hydrogens is 372 g/mol. The minimum atomic E-state index is -1.11. The summed E-state index contributed by atoms with van der Waals surface area (Å²) in [5, 5.41) is 11.9. The number of ether oxygens (including phenoxy) is 3. The van der Waals surface area contributed by atoms with Crippen LogP contribution in [0.15, 0.2) is 54.1 Å². The van der Waals surface area contributed by atoms with Crippen molar-refractivity contribution >= 4 is 23.6 Å². The van der Waals surface area contributed by atoms with Crippen molar-refractivity contribution in [1.82, 2.24) is 0 Å². The number of methoxy groups -OCH3 is 1. The molecule has 2 aromatic carbocycles. The molecule has 0 aromatic heterocycles. The summed E-state index contributed by atoms with van der Waals surface area (Å²) in [6.07, 6.45) is 0.285. The minimum Gasteiger partial charge on any atom is -0.495 e. The number of benzene rings is 2. The van der Waals surface area contributed by atoms with Gasteiger partial charge in [-0.05, 0) is 49.8 Å². The van der Waals surface area contributed by atoms with Gasteiger partial charge in [0.25, 0.3) is 5.91 Å². The molecule has 1 N–H and O–H groups in total. The van der Waals surface area contributed by atoms with E-state index in [0.29, 0.717) is 29.4 Å². The van der Waals surface area contributed by atoms with E-state index in [1.54, 1.807) is 54.6 Å². The van der Waals surface area contributed by atoms with Crippen molar-refractivity contribution < 1.29 is 23.8 Å². The van der Waals surface area contributed by atoms with E-state index in [9.17, 15) is 14.9 Å². The number of nitrogens with one attached hydrogen (secondary N) is 1. The molecule has 0 radical (unpaired) electrons. The number of hydrogen-bond donors (Lipinski definition) is 1. The molecule has 1 atom stereocenters. The van der Waals surface area contributed by atoms with Gasteiger partial charge in [0.15, 0.2) is 6.10 Å². The Hall–Kier alpha value is -3.79. The number of carbonyl (C=O) groups excluding carboxylic acids is 2. The molecule has 0 aliphatic heterocycles. The summed E-state index contributed by atoms with van der Waals surface area (Å²) < 4.78 is 15.7. The molecule has 29 heavy (non-hydrogen) atoms. The maximum absolute atomic E-state index is 12.3. The average molecular weight is 394 g/mol. The van der Waals surface area contributed by atoms with Gasteiger partial charge in [0, 0.05) is 0 Å². The van der Waals surface area contributed by atoms with Crippen LogP contribution in [0, 0.1) is 11.3 Å². The third-order valence-corrected chi connectivity index (χ3v) is 3.86. The van der Waals surface area contributed by atoms with Crippen molar-refractivity contribution in [3.8, 4) is 17.6 Å². The summed E-state index contributed by atoms with van der Waals surface area (Å²) in [5.41, 5.74) is 0.868. The van der Waals surface area contributed by atoms with Crippen molar-refractivity contribution in [1.29, 1.82) is 5.26 Å². The average Bonchev–Trinajstić information content (AvgIpc) is 2.73. The molecule has 0 unspecified atom stereocenters. The van der Waals surface area contributed by atoms with E-state index < -0.39 is 18.0 Å². The number of anilines is 1. The van der Waals surface area contributed by atoms with Crippen molar-refractivity contribution in [2.75, 3.05) is 19.0 Å². The summed E-state index contributed by atoms with van der Waals surface area (Å²) in [4.78, 5) is 24.6. The van der Waals surface area contributed by atoms with Gasteiger partial charge in [-0.3, -0.25) is 4.79 Å². The van der Waals surface area contributed by atoms with Crippen LogP contribution in [-0.2, 0) is 14.3 Å². The van der Waals surface area contributed by atoms with E-state index in [1.165, 1.54) is 20.1 Å². The zero-order valence-electron chi connectivity index (χ0n) is 16.5. The number of hydrogen-bond acceptors (Lipinski definition) is 6. The smallest absolute Gasteiger partial charge is 0.349 e. The maximum Gasteiger partial charge on any atom is 0.349 e. The highest BCUT2D eigenvalue weighted by Crippen LogP contribution is 2.23. The summed E-state index contributed by atoms with van der Waals surface area (Å²) in [7, 11) is 1.49. The summed E-state index contributed by atoms with van der Waals surface area (Å²) in [6, 6.07) is 15.6.